The second-order valence-corrected chi connectivity index (χ2v) is 18.8. The van der Waals surface area contributed by atoms with Crippen LogP contribution >= 0.6 is 0 Å². The summed E-state index contributed by atoms with van der Waals surface area (Å²) in [5, 5.41) is 5.57. The number of unbranched alkanes of at least 4 members (excludes halogenated alkanes) is 3. The van der Waals surface area contributed by atoms with Crippen molar-refractivity contribution in [3.63, 3.8) is 0 Å². The molecule has 1 saturated heterocycles. The molecule has 0 bridgehead atoms. The standard InChI is InChI=1S/C44H75N3O5/c1-30(2)13-12-14-31(3)37-17-18-38-36-16-15-33-28-34(21-23-43(33,5)39(36)22-24-44(37,38)6)52-42(50)46-25-10-8-9-11-26-47-29-35(27-32(47)4)51-41(49)20-19-40(48)45-7/h15,30-32,34-39H,8-14,16-29H2,1-7H3,(H,45,48)(H,46,50)/t31-,32-,34+,35-,36?,37-,38?,39?,43+,44-/m1/s1. The van der Waals surface area contributed by atoms with Crippen molar-refractivity contribution < 1.29 is 23.9 Å². The van der Waals surface area contributed by atoms with E-state index in [1.165, 1.54) is 51.4 Å². The molecule has 0 spiro atoms. The third-order valence-electron chi connectivity index (χ3n) is 15.0. The number of likely N-dealkylation sites (tertiary alicyclic amines) is 1. The van der Waals surface area contributed by atoms with E-state index in [1.807, 2.05) is 0 Å². The van der Waals surface area contributed by atoms with Gasteiger partial charge in [-0.1, -0.05) is 78.4 Å². The van der Waals surface area contributed by atoms with E-state index in [-0.39, 0.29) is 48.4 Å². The van der Waals surface area contributed by atoms with Crippen molar-refractivity contribution in [1.29, 1.82) is 0 Å². The molecular weight excluding hydrogens is 651 g/mol. The predicted molar refractivity (Wildman–Crippen MR) is 209 cm³/mol. The summed E-state index contributed by atoms with van der Waals surface area (Å²) >= 11 is 0. The zero-order chi connectivity index (χ0) is 37.5. The Balaban J connectivity index is 0.969. The second kappa shape index (κ2) is 18.5. The van der Waals surface area contributed by atoms with Crippen molar-refractivity contribution in [3.05, 3.63) is 11.6 Å². The molecule has 296 valence electrons. The molecule has 0 aromatic heterocycles. The van der Waals surface area contributed by atoms with Crippen LogP contribution in [0.4, 0.5) is 4.79 Å². The number of ether oxygens (including phenoxy) is 2. The Morgan fingerprint density at radius 2 is 1.69 bits per heavy atom. The molecule has 2 N–H and O–H groups in total. The highest BCUT2D eigenvalue weighted by molar-refractivity contribution is 5.81. The summed E-state index contributed by atoms with van der Waals surface area (Å²) in [7, 11) is 1.57. The number of allylic oxidation sites excluding steroid dienone is 1. The number of carbonyl (C=O) groups excluding carboxylic acids is 3. The van der Waals surface area contributed by atoms with Gasteiger partial charge in [0.05, 0.1) is 6.42 Å². The number of rotatable bonds is 17. The lowest BCUT2D eigenvalue weighted by Crippen LogP contribution is -2.51. The number of fused-ring (bicyclic) bond motifs is 5. The number of nitrogens with one attached hydrogen (secondary N) is 2. The quantitative estimate of drug-likeness (QED) is 0.0882. The summed E-state index contributed by atoms with van der Waals surface area (Å²) < 4.78 is 11.6. The fourth-order valence-electron chi connectivity index (χ4n) is 12.0. The molecule has 52 heavy (non-hydrogen) atoms. The Kier molecular flexibility index (Phi) is 14.6. The maximum absolute atomic E-state index is 12.8. The molecule has 0 aromatic carbocycles. The molecule has 1 heterocycles. The number of esters is 1. The molecule has 8 heteroatoms. The third kappa shape index (κ3) is 9.96. The third-order valence-corrected chi connectivity index (χ3v) is 15.0. The van der Waals surface area contributed by atoms with Crippen molar-refractivity contribution in [2.24, 2.45) is 46.3 Å². The lowest BCUT2D eigenvalue weighted by molar-refractivity contribution is -0.149. The van der Waals surface area contributed by atoms with Crippen molar-refractivity contribution in [2.75, 3.05) is 26.7 Å². The summed E-state index contributed by atoms with van der Waals surface area (Å²) in [5.41, 5.74) is 2.37. The molecule has 5 rings (SSSR count). The van der Waals surface area contributed by atoms with Crippen LogP contribution in [0.3, 0.4) is 0 Å². The number of amides is 2. The molecule has 10 atom stereocenters. The van der Waals surface area contributed by atoms with E-state index in [1.54, 1.807) is 12.6 Å². The van der Waals surface area contributed by atoms with Crippen molar-refractivity contribution in [1.82, 2.24) is 15.5 Å². The summed E-state index contributed by atoms with van der Waals surface area (Å²) in [6, 6.07) is 0.383. The minimum Gasteiger partial charge on any atom is -0.461 e. The maximum Gasteiger partial charge on any atom is 0.407 e. The van der Waals surface area contributed by atoms with E-state index < -0.39 is 0 Å². The molecule has 2 amide bonds. The first-order chi connectivity index (χ1) is 24.8. The topological polar surface area (TPSA) is 97.0 Å². The van der Waals surface area contributed by atoms with Gasteiger partial charge in [-0.15, -0.1) is 0 Å². The molecule has 3 unspecified atom stereocenters. The van der Waals surface area contributed by atoms with Gasteiger partial charge in [0.1, 0.15) is 12.2 Å². The Morgan fingerprint density at radius 3 is 2.46 bits per heavy atom. The molecule has 1 aliphatic heterocycles. The Morgan fingerprint density at radius 1 is 0.904 bits per heavy atom. The van der Waals surface area contributed by atoms with E-state index in [2.05, 4.69) is 63.2 Å². The van der Waals surface area contributed by atoms with Crippen LogP contribution < -0.4 is 10.6 Å². The van der Waals surface area contributed by atoms with E-state index in [4.69, 9.17) is 9.47 Å². The van der Waals surface area contributed by atoms with Crippen molar-refractivity contribution >= 4 is 18.0 Å². The monoisotopic (exact) mass is 726 g/mol. The SMILES string of the molecule is CNC(=O)CCC(=O)O[C@@H]1C[C@@H](C)N(CCCCCCNC(=O)O[C@H]2CC[C@@]3(C)C(=CCC4C3CC[C@@]3(C)C4CC[C@@H]3[C@H](C)CCCC(C)C)C2)C1. The fourth-order valence-corrected chi connectivity index (χ4v) is 12.0. The van der Waals surface area contributed by atoms with Gasteiger partial charge in [-0.2, -0.15) is 0 Å². The highest BCUT2D eigenvalue weighted by Gasteiger charge is 2.59. The van der Waals surface area contributed by atoms with Crippen LogP contribution in [0, 0.1) is 46.3 Å². The van der Waals surface area contributed by atoms with Crippen LogP contribution in [0.5, 0.6) is 0 Å². The molecular formula is C44H75N3O5. The molecule has 0 radical (unpaired) electrons. The van der Waals surface area contributed by atoms with Gasteiger partial charge in [0.25, 0.3) is 0 Å². The number of hydrogen-bond donors (Lipinski definition) is 2. The van der Waals surface area contributed by atoms with Gasteiger partial charge in [-0.05, 0) is 118 Å². The Hall–Kier alpha value is -2.09. The summed E-state index contributed by atoms with van der Waals surface area (Å²) in [6.07, 6.45) is 21.7. The largest absolute Gasteiger partial charge is 0.461 e. The summed E-state index contributed by atoms with van der Waals surface area (Å²) in [6.45, 7) is 17.1. The Labute approximate surface area is 316 Å². The number of hydrogen-bond acceptors (Lipinski definition) is 6. The molecule has 0 aromatic rings. The second-order valence-electron chi connectivity index (χ2n) is 18.8. The smallest absolute Gasteiger partial charge is 0.407 e. The normalized spacial score (nSPS) is 34.8. The van der Waals surface area contributed by atoms with Gasteiger partial charge >= 0.3 is 12.1 Å². The first-order valence-electron chi connectivity index (χ1n) is 21.6. The zero-order valence-corrected chi connectivity index (χ0v) is 34.1. The van der Waals surface area contributed by atoms with Crippen molar-refractivity contribution in [3.8, 4) is 0 Å². The molecule has 4 aliphatic carbocycles. The number of alkyl carbamates (subject to hydrolysis) is 1. The van der Waals surface area contributed by atoms with E-state index in [9.17, 15) is 14.4 Å². The first kappa shape index (κ1) is 41.1. The van der Waals surface area contributed by atoms with Gasteiger partial charge in [-0.25, -0.2) is 4.79 Å². The fraction of sp³-hybridized carbons (Fsp3) is 0.886. The summed E-state index contributed by atoms with van der Waals surface area (Å²) in [4.78, 5) is 38.7. The van der Waals surface area contributed by atoms with Gasteiger partial charge in [0, 0.05) is 45.4 Å². The molecule has 4 fully saturated rings. The highest BCUT2D eigenvalue weighted by Crippen LogP contribution is 2.67. The van der Waals surface area contributed by atoms with Crippen LogP contribution in [0.25, 0.3) is 0 Å². The first-order valence-corrected chi connectivity index (χ1v) is 21.6. The number of nitrogens with zero attached hydrogens (tertiary/aromatic N) is 1. The average Bonchev–Trinajstić information content (AvgIpc) is 3.64. The van der Waals surface area contributed by atoms with Gasteiger partial charge < -0.3 is 20.1 Å². The lowest BCUT2D eigenvalue weighted by atomic mass is 9.47. The number of carbonyl (C=O) groups is 3. The summed E-state index contributed by atoms with van der Waals surface area (Å²) in [5.74, 6) is 4.62. The van der Waals surface area contributed by atoms with Gasteiger partial charge in [0.2, 0.25) is 5.91 Å². The zero-order valence-electron chi connectivity index (χ0n) is 34.1. The van der Waals surface area contributed by atoms with Crippen LogP contribution in [0.15, 0.2) is 11.6 Å². The van der Waals surface area contributed by atoms with E-state index in [0.717, 1.165) is 100.0 Å². The molecule has 3 saturated carbocycles. The van der Waals surface area contributed by atoms with Crippen LogP contribution in [-0.2, 0) is 19.1 Å². The predicted octanol–water partition coefficient (Wildman–Crippen LogP) is 9.22. The lowest BCUT2D eigenvalue weighted by Gasteiger charge is -2.58. The van der Waals surface area contributed by atoms with Gasteiger partial charge in [0.15, 0.2) is 0 Å². The Bertz CT molecular complexity index is 1240. The minimum absolute atomic E-state index is 0.00586. The van der Waals surface area contributed by atoms with Crippen LogP contribution in [0.1, 0.15) is 157 Å². The van der Waals surface area contributed by atoms with Crippen LogP contribution in [0.2, 0.25) is 0 Å². The van der Waals surface area contributed by atoms with E-state index >= 15 is 0 Å². The van der Waals surface area contributed by atoms with Crippen molar-refractivity contribution in [2.45, 2.75) is 175 Å². The van der Waals surface area contributed by atoms with Gasteiger partial charge in [-0.3, -0.25) is 14.5 Å². The van der Waals surface area contributed by atoms with Crippen LogP contribution in [-0.4, -0.2) is 67.8 Å². The molecule has 8 nitrogen and oxygen atoms in total. The average molecular weight is 726 g/mol. The highest BCUT2D eigenvalue weighted by atomic mass is 16.6. The maximum atomic E-state index is 12.8. The van der Waals surface area contributed by atoms with E-state index in [0.29, 0.717) is 18.0 Å². The molecule has 5 aliphatic rings. The minimum atomic E-state index is -0.290.